The Kier molecular flexibility index (Phi) is 12.0. The van der Waals surface area contributed by atoms with E-state index in [-0.39, 0.29) is 12.4 Å². The zero-order chi connectivity index (χ0) is 7.82. The molecule has 0 aromatic rings. The highest BCUT2D eigenvalue weighted by Gasteiger charge is 1.82. The van der Waals surface area contributed by atoms with Gasteiger partial charge in [0.05, 0.1) is 0 Å². The normalized spacial score (nSPS) is 10.2. The van der Waals surface area contributed by atoms with Crippen LogP contribution in [0.5, 0.6) is 0 Å². The quantitative estimate of drug-likeness (QED) is 0.637. The van der Waals surface area contributed by atoms with E-state index in [2.05, 4.69) is 38.4 Å². The van der Waals surface area contributed by atoms with E-state index in [1.807, 2.05) is 0 Å². The van der Waals surface area contributed by atoms with Crippen molar-refractivity contribution >= 4 is 12.4 Å². The van der Waals surface area contributed by atoms with Crippen LogP contribution in [0.2, 0.25) is 0 Å². The SMILES string of the molecule is CCCCN/C=C/C(C)C.Cl. The highest BCUT2D eigenvalue weighted by molar-refractivity contribution is 5.85. The molecule has 2 heteroatoms. The molecule has 11 heavy (non-hydrogen) atoms. The number of hydrogen-bond donors (Lipinski definition) is 1. The summed E-state index contributed by atoms with van der Waals surface area (Å²) in [4.78, 5) is 0. The van der Waals surface area contributed by atoms with E-state index in [1.165, 1.54) is 12.8 Å². The van der Waals surface area contributed by atoms with E-state index in [9.17, 15) is 0 Å². The average molecular weight is 178 g/mol. The van der Waals surface area contributed by atoms with Crippen molar-refractivity contribution in [3.8, 4) is 0 Å². The topological polar surface area (TPSA) is 12.0 Å². The summed E-state index contributed by atoms with van der Waals surface area (Å²) in [5, 5.41) is 3.24. The highest BCUT2D eigenvalue weighted by atomic mass is 35.5. The number of allylic oxidation sites excluding steroid dienone is 1. The highest BCUT2D eigenvalue weighted by Crippen LogP contribution is 1.91. The van der Waals surface area contributed by atoms with E-state index < -0.39 is 0 Å². The zero-order valence-corrected chi connectivity index (χ0v) is 8.58. The van der Waals surface area contributed by atoms with Crippen LogP contribution in [0, 0.1) is 5.92 Å². The molecule has 0 heterocycles. The van der Waals surface area contributed by atoms with Crippen molar-refractivity contribution in [2.45, 2.75) is 33.6 Å². The van der Waals surface area contributed by atoms with Crippen LogP contribution in [0.4, 0.5) is 0 Å². The van der Waals surface area contributed by atoms with E-state index in [0.29, 0.717) is 5.92 Å². The summed E-state index contributed by atoms with van der Waals surface area (Å²) in [6.45, 7) is 7.67. The van der Waals surface area contributed by atoms with Crippen molar-refractivity contribution in [3.05, 3.63) is 12.3 Å². The molecule has 0 atom stereocenters. The maximum Gasteiger partial charge on any atom is 0.0141 e. The second-order valence-electron chi connectivity index (χ2n) is 2.91. The molecule has 0 aromatic heterocycles. The molecule has 0 aliphatic heterocycles. The van der Waals surface area contributed by atoms with Crippen molar-refractivity contribution < 1.29 is 0 Å². The Hall–Kier alpha value is -0.170. The molecule has 0 aromatic carbocycles. The maximum atomic E-state index is 3.24. The Morgan fingerprint density at radius 3 is 2.45 bits per heavy atom. The lowest BCUT2D eigenvalue weighted by atomic mass is 10.2. The smallest absolute Gasteiger partial charge is 0.0141 e. The molecule has 1 N–H and O–H groups in total. The molecule has 0 aliphatic carbocycles. The van der Waals surface area contributed by atoms with Crippen LogP contribution in [0.1, 0.15) is 33.6 Å². The summed E-state index contributed by atoms with van der Waals surface area (Å²) in [5.41, 5.74) is 0. The van der Waals surface area contributed by atoms with Crippen LogP contribution in [0.25, 0.3) is 0 Å². The Labute approximate surface area is 76.7 Å². The molecule has 0 spiro atoms. The van der Waals surface area contributed by atoms with Crippen LogP contribution in [0.3, 0.4) is 0 Å². The van der Waals surface area contributed by atoms with Gasteiger partial charge in [0.1, 0.15) is 0 Å². The van der Waals surface area contributed by atoms with Gasteiger partial charge >= 0.3 is 0 Å². The van der Waals surface area contributed by atoms with Crippen molar-refractivity contribution in [2.75, 3.05) is 6.54 Å². The second-order valence-corrected chi connectivity index (χ2v) is 2.91. The van der Waals surface area contributed by atoms with Gasteiger partial charge in [-0.25, -0.2) is 0 Å². The molecule has 0 amide bonds. The zero-order valence-electron chi connectivity index (χ0n) is 7.76. The molecule has 0 saturated heterocycles. The molecule has 1 nitrogen and oxygen atoms in total. The fourth-order valence-electron chi connectivity index (χ4n) is 0.623. The minimum absolute atomic E-state index is 0. The molecular weight excluding hydrogens is 158 g/mol. The molecule has 0 radical (unpaired) electrons. The van der Waals surface area contributed by atoms with Gasteiger partial charge in [-0.05, 0) is 18.5 Å². The van der Waals surface area contributed by atoms with Crippen LogP contribution < -0.4 is 5.32 Å². The summed E-state index contributed by atoms with van der Waals surface area (Å²) < 4.78 is 0. The van der Waals surface area contributed by atoms with Gasteiger partial charge in [0, 0.05) is 6.54 Å². The van der Waals surface area contributed by atoms with Crippen molar-refractivity contribution in [3.63, 3.8) is 0 Å². The van der Waals surface area contributed by atoms with Crippen LogP contribution in [-0.4, -0.2) is 6.54 Å². The number of unbranched alkanes of at least 4 members (excludes halogenated alkanes) is 1. The molecule has 0 bridgehead atoms. The number of nitrogens with one attached hydrogen (secondary N) is 1. The third kappa shape index (κ3) is 12.9. The first kappa shape index (κ1) is 13.4. The molecule has 68 valence electrons. The fourth-order valence-corrected chi connectivity index (χ4v) is 0.623. The van der Waals surface area contributed by atoms with Gasteiger partial charge in [0.15, 0.2) is 0 Å². The van der Waals surface area contributed by atoms with Gasteiger partial charge in [-0.1, -0.05) is 33.3 Å². The van der Waals surface area contributed by atoms with Crippen molar-refractivity contribution in [2.24, 2.45) is 5.92 Å². The van der Waals surface area contributed by atoms with E-state index in [0.717, 1.165) is 6.54 Å². The van der Waals surface area contributed by atoms with Crippen LogP contribution in [-0.2, 0) is 0 Å². The minimum atomic E-state index is 0. The second kappa shape index (κ2) is 9.83. The van der Waals surface area contributed by atoms with Gasteiger partial charge in [0.2, 0.25) is 0 Å². The number of rotatable bonds is 5. The van der Waals surface area contributed by atoms with Crippen molar-refractivity contribution in [1.82, 2.24) is 5.32 Å². The lowest BCUT2D eigenvalue weighted by Crippen LogP contribution is -2.06. The Morgan fingerprint density at radius 1 is 1.36 bits per heavy atom. The molecule has 0 rings (SSSR count). The largest absolute Gasteiger partial charge is 0.391 e. The van der Waals surface area contributed by atoms with Gasteiger partial charge in [0.25, 0.3) is 0 Å². The average Bonchev–Trinajstić information content (AvgIpc) is 1.87. The van der Waals surface area contributed by atoms with Crippen molar-refractivity contribution in [1.29, 1.82) is 0 Å². The third-order valence-corrected chi connectivity index (χ3v) is 1.27. The Bertz CT molecular complexity index is 89.6. The Morgan fingerprint density at radius 2 is 2.00 bits per heavy atom. The van der Waals surface area contributed by atoms with Crippen LogP contribution in [0.15, 0.2) is 12.3 Å². The van der Waals surface area contributed by atoms with Gasteiger partial charge in [-0.15, -0.1) is 12.4 Å². The molecule has 0 saturated carbocycles. The summed E-state index contributed by atoms with van der Waals surface area (Å²) in [7, 11) is 0. The van der Waals surface area contributed by atoms with Gasteiger partial charge < -0.3 is 5.32 Å². The van der Waals surface area contributed by atoms with E-state index in [1.54, 1.807) is 0 Å². The monoisotopic (exact) mass is 177 g/mol. The Balaban J connectivity index is 0. The molecule has 0 fully saturated rings. The fraction of sp³-hybridized carbons (Fsp3) is 0.778. The van der Waals surface area contributed by atoms with Gasteiger partial charge in [-0.2, -0.15) is 0 Å². The molecule has 0 unspecified atom stereocenters. The first-order chi connectivity index (χ1) is 4.77. The summed E-state index contributed by atoms with van der Waals surface area (Å²) in [6, 6.07) is 0. The summed E-state index contributed by atoms with van der Waals surface area (Å²) >= 11 is 0. The predicted molar refractivity (Wildman–Crippen MR) is 54.1 cm³/mol. The van der Waals surface area contributed by atoms with Crippen LogP contribution >= 0.6 is 12.4 Å². The summed E-state index contributed by atoms with van der Waals surface area (Å²) in [5.74, 6) is 0.661. The number of halogens is 1. The van der Waals surface area contributed by atoms with Gasteiger partial charge in [-0.3, -0.25) is 0 Å². The standard InChI is InChI=1S/C9H19N.ClH/c1-4-5-7-10-8-6-9(2)3;/h6,8-10H,4-5,7H2,1-3H3;1H/b8-6+;. The first-order valence-electron chi connectivity index (χ1n) is 4.17. The lowest BCUT2D eigenvalue weighted by Gasteiger charge is -1.98. The summed E-state index contributed by atoms with van der Waals surface area (Å²) in [6.07, 6.45) is 6.76. The van der Waals surface area contributed by atoms with E-state index in [4.69, 9.17) is 0 Å². The molecule has 0 aliphatic rings. The first-order valence-corrected chi connectivity index (χ1v) is 4.17. The maximum absolute atomic E-state index is 3.24. The third-order valence-electron chi connectivity index (χ3n) is 1.27. The molecular formula is C9H20ClN. The van der Waals surface area contributed by atoms with E-state index >= 15 is 0 Å². The number of hydrogen-bond acceptors (Lipinski definition) is 1. The lowest BCUT2D eigenvalue weighted by molar-refractivity contribution is 0.726. The minimum Gasteiger partial charge on any atom is -0.391 e. The predicted octanol–water partition coefficient (Wildman–Crippen LogP) is 2.97.